The molecule has 0 unspecified atom stereocenters. The van der Waals surface area contributed by atoms with Gasteiger partial charge >= 0.3 is 5.97 Å². The molecule has 3 rings (SSSR count). The predicted molar refractivity (Wildman–Crippen MR) is 131 cm³/mol. The Morgan fingerprint density at radius 3 is 2.29 bits per heavy atom. The van der Waals surface area contributed by atoms with Gasteiger partial charge < -0.3 is 14.4 Å². The number of carboxylic acid groups (broad SMARTS) is 1. The highest BCUT2D eigenvalue weighted by molar-refractivity contribution is 7.71. The lowest BCUT2D eigenvalue weighted by molar-refractivity contribution is -0.131. The molecule has 0 aliphatic heterocycles. The summed E-state index contributed by atoms with van der Waals surface area (Å²) < 4.78 is 9.19. The van der Waals surface area contributed by atoms with Crippen molar-refractivity contribution in [2.24, 2.45) is 0 Å². The van der Waals surface area contributed by atoms with E-state index in [1.54, 1.807) is 0 Å². The largest absolute Gasteiger partial charge is 0.488 e. The average Bonchev–Trinajstić information content (AvgIpc) is 2.73. The summed E-state index contributed by atoms with van der Waals surface area (Å²) in [7, 11) is 0. The summed E-state index contributed by atoms with van der Waals surface area (Å²) in [5.74, 6) is -0.0888. The van der Waals surface area contributed by atoms with Gasteiger partial charge in [-0.1, -0.05) is 56.1 Å². The van der Waals surface area contributed by atoms with Gasteiger partial charge in [0.25, 0.3) is 0 Å². The second-order valence-electron chi connectivity index (χ2n) is 8.17. The van der Waals surface area contributed by atoms with E-state index in [1.165, 1.54) is 10.9 Å². The summed E-state index contributed by atoms with van der Waals surface area (Å²) in [6, 6.07) is 19.2. The Hall–Kier alpha value is -2.92. The smallest absolute Gasteiger partial charge is 0.327 e. The summed E-state index contributed by atoms with van der Waals surface area (Å²) >= 11 is 5.85. The summed E-state index contributed by atoms with van der Waals surface area (Å²) in [5.41, 5.74) is 3.24. The molecule has 0 atom stereocenters. The van der Waals surface area contributed by atoms with E-state index in [9.17, 15) is 4.79 Å². The number of hydrogen-bond donors (Lipinski definition) is 1. The maximum atomic E-state index is 9.25. The molecular formula is C26H31NO3S. The van der Waals surface area contributed by atoms with Crippen molar-refractivity contribution in [1.29, 1.82) is 0 Å². The van der Waals surface area contributed by atoms with Gasteiger partial charge in [0.2, 0.25) is 0 Å². The van der Waals surface area contributed by atoms with E-state index in [0.717, 1.165) is 34.0 Å². The fraction of sp³-hybridized carbons (Fsp3) is 0.308. The highest BCUT2D eigenvalue weighted by Gasteiger charge is 2.17. The molecule has 0 aliphatic rings. The first-order valence-electron chi connectivity index (χ1n) is 10.4. The molecule has 0 amide bonds. The molecule has 0 radical (unpaired) electrons. The number of pyridine rings is 1. The number of carbonyl (C=O) groups is 1. The van der Waals surface area contributed by atoms with Crippen molar-refractivity contribution in [2.45, 2.75) is 52.7 Å². The number of ether oxygens (including phenoxy) is 1. The Labute approximate surface area is 189 Å². The molecule has 31 heavy (non-hydrogen) atoms. The lowest BCUT2D eigenvalue weighted by atomic mass is 10.0. The molecule has 0 saturated heterocycles. The van der Waals surface area contributed by atoms with Crippen LogP contribution in [0, 0.1) is 4.64 Å². The van der Waals surface area contributed by atoms with Gasteiger partial charge in [-0.05, 0) is 69.3 Å². The van der Waals surface area contributed by atoms with Crippen molar-refractivity contribution >= 4 is 29.1 Å². The quantitative estimate of drug-likeness (QED) is 0.321. The van der Waals surface area contributed by atoms with E-state index in [2.05, 4.69) is 88.2 Å². The Morgan fingerprint density at radius 2 is 1.77 bits per heavy atom. The van der Waals surface area contributed by atoms with Gasteiger partial charge in [-0.3, -0.25) is 0 Å². The number of rotatable bonds is 6. The molecule has 0 spiro atoms. The summed E-state index contributed by atoms with van der Waals surface area (Å²) in [4.78, 5) is 9.25. The number of benzene rings is 2. The lowest BCUT2D eigenvalue weighted by Gasteiger charge is -2.25. The Balaban J connectivity index is 0.000000614. The SMILES string of the molecule is C=CC(=O)O.CCC(C)(C)Oc1ccc(-c2cc3ccccc3n(C(C)C)c2=S)cc1. The number of para-hydroxylation sites is 1. The maximum Gasteiger partial charge on any atom is 0.327 e. The molecule has 5 heteroatoms. The van der Waals surface area contributed by atoms with Crippen LogP contribution in [0.5, 0.6) is 5.75 Å². The van der Waals surface area contributed by atoms with Crippen molar-refractivity contribution in [3.05, 3.63) is 71.9 Å². The summed E-state index contributed by atoms with van der Waals surface area (Å²) in [6.45, 7) is 13.7. The third-order valence-corrected chi connectivity index (χ3v) is 5.46. The molecule has 0 saturated carbocycles. The number of aromatic nitrogens is 1. The Bertz CT molecular complexity index is 1110. The zero-order valence-electron chi connectivity index (χ0n) is 18.9. The molecule has 0 fully saturated rings. The molecule has 1 aromatic heterocycles. The van der Waals surface area contributed by atoms with Crippen LogP contribution in [0.1, 0.15) is 47.1 Å². The zero-order valence-corrected chi connectivity index (χ0v) is 19.7. The minimum Gasteiger partial charge on any atom is -0.488 e. The van der Waals surface area contributed by atoms with Gasteiger partial charge in [-0.15, -0.1) is 0 Å². The Kier molecular flexibility index (Phi) is 8.17. The lowest BCUT2D eigenvalue weighted by Crippen LogP contribution is -2.26. The van der Waals surface area contributed by atoms with Crippen LogP contribution in [0.15, 0.2) is 67.3 Å². The van der Waals surface area contributed by atoms with Gasteiger partial charge in [0, 0.05) is 23.2 Å². The summed E-state index contributed by atoms with van der Waals surface area (Å²) in [5, 5.41) is 8.81. The molecule has 3 aromatic rings. The minimum absolute atomic E-state index is 0.158. The van der Waals surface area contributed by atoms with E-state index in [0.29, 0.717) is 6.04 Å². The second kappa shape index (κ2) is 10.4. The molecule has 2 aromatic carbocycles. The van der Waals surface area contributed by atoms with Gasteiger partial charge in [0.05, 0.1) is 0 Å². The molecule has 164 valence electrons. The minimum atomic E-state index is -0.981. The second-order valence-corrected chi connectivity index (χ2v) is 8.55. The van der Waals surface area contributed by atoms with E-state index < -0.39 is 5.97 Å². The van der Waals surface area contributed by atoms with Crippen LogP contribution >= 0.6 is 12.2 Å². The van der Waals surface area contributed by atoms with Gasteiger partial charge in [0.1, 0.15) is 16.0 Å². The number of nitrogens with zero attached hydrogens (tertiary/aromatic N) is 1. The van der Waals surface area contributed by atoms with Gasteiger partial charge in [-0.2, -0.15) is 0 Å². The molecule has 1 heterocycles. The fourth-order valence-electron chi connectivity index (χ4n) is 3.10. The van der Waals surface area contributed by atoms with Gasteiger partial charge in [0.15, 0.2) is 0 Å². The first-order chi connectivity index (χ1) is 14.6. The fourth-order valence-corrected chi connectivity index (χ4v) is 3.58. The number of fused-ring (bicyclic) bond motifs is 1. The normalized spacial score (nSPS) is 11.0. The highest BCUT2D eigenvalue weighted by Crippen LogP contribution is 2.30. The van der Waals surface area contributed by atoms with Gasteiger partial charge in [-0.25, -0.2) is 4.79 Å². The topological polar surface area (TPSA) is 51.5 Å². The summed E-state index contributed by atoms with van der Waals surface area (Å²) in [6.07, 6.45) is 1.80. The maximum absolute atomic E-state index is 9.25. The van der Waals surface area contributed by atoms with Crippen molar-refractivity contribution in [1.82, 2.24) is 4.57 Å². The third-order valence-electron chi connectivity index (χ3n) is 5.05. The van der Waals surface area contributed by atoms with E-state index >= 15 is 0 Å². The van der Waals surface area contributed by atoms with Crippen molar-refractivity contribution in [3.8, 4) is 16.9 Å². The van der Waals surface area contributed by atoms with Crippen molar-refractivity contribution in [2.75, 3.05) is 0 Å². The van der Waals surface area contributed by atoms with Crippen LogP contribution in [-0.2, 0) is 4.79 Å². The Morgan fingerprint density at radius 1 is 1.19 bits per heavy atom. The predicted octanol–water partition coefficient (Wildman–Crippen LogP) is 7.44. The van der Waals surface area contributed by atoms with E-state index in [-0.39, 0.29) is 5.60 Å². The van der Waals surface area contributed by atoms with Crippen LogP contribution in [0.25, 0.3) is 22.0 Å². The number of aliphatic carboxylic acids is 1. The van der Waals surface area contributed by atoms with E-state index in [1.807, 2.05) is 12.1 Å². The molecular weight excluding hydrogens is 406 g/mol. The third kappa shape index (κ3) is 6.28. The molecule has 4 nitrogen and oxygen atoms in total. The van der Waals surface area contributed by atoms with Crippen LogP contribution in [0.4, 0.5) is 0 Å². The highest BCUT2D eigenvalue weighted by atomic mass is 32.1. The molecule has 0 aliphatic carbocycles. The van der Waals surface area contributed by atoms with Crippen molar-refractivity contribution in [3.63, 3.8) is 0 Å². The van der Waals surface area contributed by atoms with Crippen molar-refractivity contribution < 1.29 is 14.6 Å². The van der Waals surface area contributed by atoms with Crippen LogP contribution < -0.4 is 4.74 Å². The van der Waals surface area contributed by atoms with Crippen LogP contribution in [-0.4, -0.2) is 21.2 Å². The zero-order chi connectivity index (χ0) is 23.2. The first-order valence-corrected chi connectivity index (χ1v) is 10.8. The number of hydrogen-bond acceptors (Lipinski definition) is 3. The number of carboxylic acids is 1. The first kappa shape index (κ1) is 24.4. The van der Waals surface area contributed by atoms with E-state index in [4.69, 9.17) is 22.1 Å². The van der Waals surface area contributed by atoms with Crippen LogP contribution in [0.3, 0.4) is 0 Å². The standard InChI is InChI=1S/C23H27NOS.C3H4O2/c1-6-23(4,5)25-19-13-11-17(12-14-19)20-15-18-9-7-8-10-21(18)24(16(2)3)22(20)26;1-2-3(4)5/h7-16H,6H2,1-5H3;2H,1H2,(H,4,5). The molecule has 0 bridgehead atoms. The molecule has 1 N–H and O–H groups in total. The van der Waals surface area contributed by atoms with Crippen LogP contribution in [0.2, 0.25) is 0 Å². The average molecular weight is 438 g/mol. The monoisotopic (exact) mass is 437 g/mol.